The second-order valence-corrected chi connectivity index (χ2v) is 7.13. The molecular formula is C24H32N2O2. The summed E-state index contributed by atoms with van der Waals surface area (Å²) in [5.74, 6) is -0.0312. The van der Waals surface area contributed by atoms with Gasteiger partial charge in [-0.1, -0.05) is 67.1 Å². The normalized spacial score (nSPS) is 11.7. The van der Waals surface area contributed by atoms with E-state index in [1.165, 1.54) is 11.1 Å². The molecule has 4 heteroatoms. The minimum atomic E-state index is -0.422. The van der Waals surface area contributed by atoms with Gasteiger partial charge in [-0.25, -0.2) is 0 Å². The number of rotatable bonds is 10. The van der Waals surface area contributed by atoms with E-state index in [1.54, 1.807) is 4.90 Å². The molecule has 0 aliphatic rings. The van der Waals surface area contributed by atoms with Gasteiger partial charge >= 0.3 is 0 Å². The molecule has 150 valence electrons. The minimum Gasteiger partial charge on any atom is -0.355 e. The van der Waals surface area contributed by atoms with E-state index in [1.807, 2.05) is 32.0 Å². The standard InChI is InChI=1S/C24H32N2O2/c1-4-22(24(28)25-5-2)26(18-17-20-9-7-6-8-10-20)23(27)16-15-21-13-11-19(3)12-14-21/h6-14,22H,4-5,15-18H2,1-3H3,(H,25,28)/t22-/m1/s1. The molecule has 0 radical (unpaired) electrons. The molecule has 1 N–H and O–H groups in total. The van der Waals surface area contributed by atoms with Crippen molar-refractivity contribution in [1.82, 2.24) is 10.2 Å². The van der Waals surface area contributed by atoms with Crippen molar-refractivity contribution in [2.45, 2.75) is 52.5 Å². The lowest BCUT2D eigenvalue weighted by Crippen LogP contribution is -2.50. The third-order valence-corrected chi connectivity index (χ3v) is 4.97. The zero-order valence-corrected chi connectivity index (χ0v) is 17.3. The van der Waals surface area contributed by atoms with Crippen molar-refractivity contribution in [3.8, 4) is 0 Å². The van der Waals surface area contributed by atoms with Gasteiger partial charge in [0.05, 0.1) is 0 Å². The zero-order valence-electron chi connectivity index (χ0n) is 17.3. The lowest BCUT2D eigenvalue weighted by atomic mass is 10.0. The number of amides is 2. The molecule has 0 aromatic heterocycles. The number of hydrogen-bond donors (Lipinski definition) is 1. The third kappa shape index (κ3) is 6.52. The number of nitrogens with zero attached hydrogens (tertiary/aromatic N) is 1. The SMILES string of the molecule is CCNC(=O)[C@@H](CC)N(CCc1ccccc1)C(=O)CCc1ccc(C)cc1. The lowest BCUT2D eigenvalue weighted by molar-refractivity contribution is -0.140. The van der Waals surface area contributed by atoms with Gasteiger partial charge in [0.2, 0.25) is 11.8 Å². The van der Waals surface area contributed by atoms with Crippen LogP contribution in [0.15, 0.2) is 54.6 Å². The summed E-state index contributed by atoms with van der Waals surface area (Å²) in [5.41, 5.74) is 3.53. The first kappa shape index (κ1) is 21.7. The third-order valence-electron chi connectivity index (χ3n) is 4.97. The Morgan fingerprint density at radius 1 is 0.929 bits per heavy atom. The predicted octanol–water partition coefficient (Wildman–Crippen LogP) is 3.91. The Morgan fingerprint density at radius 2 is 1.57 bits per heavy atom. The van der Waals surface area contributed by atoms with Crippen molar-refractivity contribution >= 4 is 11.8 Å². The summed E-state index contributed by atoms with van der Waals surface area (Å²) in [6.45, 7) is 7.03. The first-order valence-electron chi connectivity index (χ1n) is 10.2. The van der Waals surface area contributed by atoms with E-state index >= 15 is 0 Å². The highest BCUT2D eigenvalue weighted by Gasteiger charge is 2.27. The van der Waals surface area contributed by atoms with Crippen molar-refractivity contribution in [3.05, 3.63) is 71.3 Å². The fourth-order valence-electron chi connectivity index (χ4n) is 3.34. The molecule has 28 heavy (non-hydrogen) atoms. The van der Waals surface area contributed by atoms with Gasteiger partial charge in [-0.15, -0.1) is 0 Å². The highest BCUT2D eigenvalue weighted by molar-refractivity contribution is 5.87. The van der Waals surface area contributed by atoms with Crippen LogP contribution < -0.4 is 5.32 Å². The molecule has 2 rings (SSSR count). The first-order valence-corrected chi connectivity index (χ1v) is 10.2. The summed E-state index contributed by atoms with van der Waals surface area (Å²) in [4.78, 5) is 27.4. The molecule has 2 amide bonds. The van der Waals surface area contributed by atoms with Gasteiger partial charge in [0, 0.05) is 19.5 Å². The number of carbonyl (C=O) groups excluding carboxylic acids is 2. The van der Waals surface area contributed by atoms with E-state index < -0.39 is 6.04 Å². The second-order valence-electron chi connectivity index (χ2n) is 7.13. The summed E-state index contributed by atoms with van der Waals surface area (Å²) in [6, 6.07) is 17.9. The van der Waals surface area contributed by atoms with Crippen LogP contribution in [0.5, 0.6) is 0 Å². The van der Waals surface area contributed by atoms with Crippen LogP contribution in [0.3, 0.4) is 0 Å². The average molecular weight is 381 g/mol. The second kappa shape index (κ2) is 11.3. The van der Waals surface area contributed by atoms with Crippen molar-refractivity contribution in [1.29, 1.82) is 0 Å². The number of likely N-dealkylation sites (N-methyl/N-ethyl adjacent to an activating group) is 1. The Bertz CT molecular complexity index is 741. The smallest absolute Gasteiger partial charge is 0.242 e. The van der Waals surface area contributed by atoms with Gasteiger partial charge in [0.1, 0.15) is 6.04 Å². The number of hydrogen-bond acceptors (Lipinski definition) is 2. The van der Waals surface area contributed by atoms with E-state index in [0.29, 0.717) is 32.4 Å². The molecule has 2 aromatic carbocycles. The molecule has 0 bridgehead atoms. The molecule has 0 aliphatic carbocycles. The maximum atomic E-state index is 13.1. The van der Waals surface area contributed by atoms with E-state index in [0.717, 1.165) is 12.0 Å². The highest BCUT2D eigenvalue weighted by Crippen LogP contribution is 2.13. The summed E-state index contributed by atoms with van der Waals surface area (Å²) in [5, 5.41) is 2.88. The van der Waals surface area contributed by atoms with Crippen LogP contribution in [0, 0.1) is 6.92 Å². The topological polar surface area (TPSA) is 49.4 Å². The maximum Gasteiger partial charge on any atom is 0.242 e. The number of nitrogens with one attached hydrogen (secondary N) is 1. The van der Waals surface area contributed by atoms with Gasteiger partial charge < -0.3 is 10.2 Å². The number of aryl methyl sites for hydroxylation is 2. The van der Waals surface area contributed by atoms with Crippen LogP contribution in [0.1, 0.15) is 43.4 Å². The largest absolute Gasteiger partial charge is 0.355 e. The van der Waals surface area contributed by atoms with E-state index in [4.69, 9.17) is 0 Å². The van der Waals surface area contributed by atoms with Crippen molar-refractivity contribution in [2.75, 3.05) is 13.1 Å². The summed E-state index contributed by atoms with van der Waals surface area (Å²) >= 11 is 0. The molecule has 0 fully saturated rings. The molecule has 4 nitrogen and oxygen atoms in total. The molecular weight excluding hydrogens is 348 g/mol. The van der Waals surface area contributed by atoms with Crippen LogP contribution in [0.25, 0.3) is 0 Å². The molecule has 0 saturated carbocycles. The van der Waals surface area contributed by atoms with Gasteiger partial charge in [0.25, 0.3) is 0 Å². The summed E-state index contributed by atoms with van der Waals surface area (Å²) in [7, 11) is 0. The highest BCUT2D eigenvalue weighted by atomic mass is 16.2. The van der Waals surface area contributed by atoms with E-state index in [2.05, 4.69) is 48.6 Å². The molecule has 0 spiro atoms. The Labute approximate surface area is 169 Å². The Morgan fingerprint density at radius 3 is 2.18 bits per heavy atom. The van der Waals surface area contributed by atoms with Crippen molar-refractivity contribution < 1.29 is 9.59 Å². The Hall–Kier alpha value is -2.62. The molecule has 0 unspecified atom stereocenters. The van der Waals surface area contributed by atoms with Gasteiger partial charge in [-0.05, 0) is 44.2 Å². The quantitative estimate of drug-likeness (QED) is 0.679. The van der Waals surface area contributed by atoms with Crippen LogP contribution in [0.2, 0.25) is 0 Å². The summed E-state index contributed by atoms with van der Waals surface area (Å²) < 4.78 is 0. The Kier molecular flexibility index (Phi) is 8.73. The number of carbonyl (C=O) groups is 2. The van der Waals surface area contributed by atoms with E-state index in [-0.39, 0.29) is 11.8 Å². The molecule has 1 atom stereocenters. The van der Waals surface area contributed by atoms with Crippen molar-refractivity contribution in [2.24, 2.45) is 0 Å². The van der Waals surface area contributed by atoms with Crippen LogP contribution >= 0.6 is 0 Å². The molecule has 0 saturated heterocycles. The average Bonchev–Trinajstić information content (AvgIpc) is 2.71. The lowest BCUT2D eigenvalue weighted by Gasteiger charge is -2.30. The van der Waals surface area contributed by atoms with Gasteiger partial charge in [-0.2, -0.15) is 0 Å². The maximum absolute atomic E-state index is 13.1. The van der Waals surface area contributed by atoms with Crippen LogP contribution in [-0.4, -0.2) is 35.8 Å². The molecule has 0 aliphatic heterocycles. The minimum absolute atomic E-state index is 0.0367. The summed E-state index contributed by atoms with van der Waals surface area (Å²) in [6.07, 6.45) is 2.45. The fraction of sp³-hybridized carbons (Fsp3) is 0.417. The predicted molar refractivity (Wildman–Crippen MR) is 114 cm³/mol. The zero-order chi connectivity index (χ0) is 20.4. The Balaban J connectivity index is 2.09. The fourth-order valence-corrected chi connectivity index (χ4v) is 3.34. The number of benzene rings is 2. The first-order chi connectivity index (χ1) is 13.5. The van der Waals surface area contributed by atoms with Crippen LogP contribution in [-0.2, 0) is 22.4 Å². The van der Waals surface area contributed by atoms with E-state index in [9.17, 15) is 9.59 Å². The van der Waals surface area contributed by atoms with Gasteiger partial charge in [0.15, 0.2) is 0 Å². The monoisotopic (exact) mass is 380 g/mol. The molecule has 0 heterocycles. The molecule has 2 aromatic rings. The van der Waals surface area contributed by atoms with Crippen molar-refractivity contribution in [3.63, 3.8) is 0 Å². The van der Waals surface area contributed by atoms with Gasteiger partial charge in [-0.3, -0.25) is 9.59 Å². The van der Waals surface area contributed by atoms with Crippen LogP contribution in [0.4, 0.5) is 0 Å².